The van der Waals surface area contributed by atoms with Crippen molar-refractivity contribution in [2.45, 2.75) is 26.1 Å². The first-order valence-electron chi connectivity index (χ1n) is 12.0. The SMILES string of the molecule is C[C@H](c1ccc2ccccc2n1)N(Cc1ccc2ccccc2n1)Cc1ccc2ccccc2n1. The average Bonchev–Trinajstić information content (AvgIpc) is 2.92. The van der Waals surface area contributed by atoms with Gasteiger partial charge in [0, 0.05) is 29.2 Å². The first-order chi connectivity index (χ1) is 17.2. The van der Waals surface area contributed by atoms with Crippen LogP contribution in [0, 0.1) is 0 Å². The second-order valence-corrected chi connectivity index (χ2v) is 9.00. The van der Waals surface area contributed by atoms with Crippen molar-refractivity contribution in [2.75, 3.05) is 0 Å². The van der Waals surface area contributed by atoms with Crippen molar-refractivity contribution in [1.29, 1.82) is 0 Å². The lowest BCUT2D eigenvalue weighted by Gasteiger charge is -2.28. The zero-order chi connectivity index (χ0) is 23.6. The number of aromatic nitrogens is 3. The fourth-order valence-electron chi connectivity index (χ4n) is 4.64. The molecular formula is C31H26N4. The van der Waals surface area contributed by atoms with E-state index in [1.54, 1.807) is 0 Å². The van der Waals surface area contributed by atoms with E-state index >= 15 is 0 Å². The van der Waals surface area contributed by atoms with Crippen LogP contribution in [0.15, 0.2) is 109 Å². The Morgan fingerprint density at radius 1 is 0.514 bits per heavy atom. The molecule has 0 saturated heterocycles. The number of para-hydroxylation sites is 3. The fourth-order valence-corrected chi connectivity index (χ4v) is 4.64. The monoisotopic (exact) mass is 454 g/mol. The van der Waals surface area contributed by atoms with Crippen molar-refractivity contribution in [2.24, 2.45) is 0 Å². The third-order valence-corrected chi connectivity index (χ3v) is 6.64. The number of rotatable bonds is 6. The molecule has 4 heteroatoms. The summed E-state index contributed by atoms with van der Waals surface area (Å²) in [6.45, 7) is 3.63. The fraction of sp³-hybridized carbons (Fsp3) is 0.129. The van der Waals surface area contributed by atoms with Crippen LogP contribution in [-0.2, 0) is 13.1 Å². The van der Waals surface area contributed by atoms with Crippen LogP contribution in [-0.4, -0.2) is 19.9 Å². The summed E-state index contributed by atoms with van der Waals surface area (Å²) in [5.74, 6) is 0. The maximum Gasteiger partial charge on any atom is 0.0706 e. The van der Waals surface area contributed by atoms with Gasteiger partial charge >= 0.3 is 0 Å². The van der Waals surface area contributed by atoms with Crippen LogP contribution in [0.3, 0.4) is 0 Å². The lowest BCUT2D eigenvalue weighted by molar-refractivity contribution is 0.184. The molecule has 0 radical (unpaired) electrons. The second kappa shape index (κ2) is 9.24. The third kappa shape index (κ3) is 4.48. The highest BCUT2D eigenvalue weighted by molar-refractivity contribution is 5.79. The second-order valence-electron chi connectivity index (χ2n) is 9.00. The molecule has 0 aliphatic heterocycles. The largest absolute Gasteiger partial charge is 0.283 e. The molecule has 170 valence electrons. The molecule has 3 heterocycles. The van der Waals surface area contributed by atoms with E-state index in [9.17, 15) is 0 Å². The predicted octanol–water partition coefficient (Wildman–Crippen LogP) is 7.09. The van der Waals surface area contributed by atoms with Crippen molar-refractivity contribution in [3.63, 3.8) is 0 Å². The number of nitrogens with zero attached hydrogens (tertiary/aromatic N) is 4. The molecule has 0 amide bonds. The van der Waals surface area contributed by atoms with Crippen LogP contribution >= 0.6 is 0 Å². The van der Waals surface area contributed by atoms with Crippen molar-refractivity contribution < 1.29 is 0 Å². The van der Waals surface area contributed by atoms with Gasteiger partial charge in [0.05, 0.1) is 39.7 Å². The number of hydrogen-bond acceptors (Lipinski definition) is 4. The highest BCUT2D eigenvalue weighted by Crippen LogP contribution is 2.26. The molecule has 0 aliphatic carbocycles. The Bertz CT molecular complexity index is 1560. The predicted molar refractivity (Wildman–Crippen MR) is 143 cm³/mol. The summed E-state index contributed by atoms with van der Waals surface area (Å²) >= 11 is 0. The van der Waals surface area contributed by atoms with E-state index in [2.05, 4.69) is 103 Å². The minimum absolute atomic E-state index is 0.0844. The summed E-state index contributed by atoms with van der Waals surface area (Å²) in [6, 6.07) is 37.8. The number of benzene rings is 3. The van der Waals surface area contributed by atoms with Gasteiger partial charge in [0.25, 0.3) is 0 Å². The van der Waals surface area contributed by atoms with Crippen molar-refractivity contribution in [1.82, 2.24) is 19.9 Å². The van der Waals surface area contributed by atoms with E-state index in [0.29, 0.717) is 13.1 Å². The first kappa shape index (κ1) is 21.4. The van der Waals surface area contributed by atoms with Gasteiger partial charge in [-0.1, -0.05) is 72.8 Å². The summed E-state index contributed by atoms with van der Waals surface area (Å²) in [7, 11) is 0. The molecule has 0 unspecified atom stereocenters. The molecule has 3 aromatic carbocycles. The van der Waals surface area contributed by atoms with Gasteiger partial charge in [-0.2, -0.15) is 0 Å². The number of hydrogen-bond donors (Lipinski definition) is 0. The molecule has 6 rings (SSSR count). The molecule has 0 aliphatic rings. The summed E-state index contributed by atoms with van der Waals surface area (Å²) in [5.41, 5.74) is 6.18. The van der Waals surface area contributed by atoms with Gasteiger partial charge < -0.3 is 0 Å². The van der Waals surface area contributed by atoms with Gasteiger partial charge in [-0.15, -0.1) is 0 Å². The molecule has 0 saturated carbocycles. The molecule has 0 N–H and O–H groups in total. The average molecular weight is 455 g/mol. The van der Waals surface area contributed by atoms with E-state index in [-0.39, 0.29) is 6.04 Å². The van der Waals surface area contributed by atoms with Gasteiger partial charge in [-0.25, -0.2) is 0 Å². The van der Waals surface area contributed by atoms with Crippen LogP contribution in [0.2, 0.25) is 0 Å². The Morgan fingerprint density at radius 2 is 0.943 bits per heavy atom. The maximum absolute atomic E-state index is 5.00. The first-order valence-corrected chi connectivity index (χ1v) is 12.0. The Morgan fingerprint density at radius 3 is 1.46 bits per heavy atom. The molecular weight excluding hydrogens is 428 g/mol. The lowest BCUT2D eigenvalue weighted by atomic mass is 10.1. The summed E-state index contributed by atoms with van der Waals surface area (Å²) in [5, 5.41) is 3.47. The molecule has 0 spiro atoms. The van der Waals surface area contributed by atoms with E-state index in [0.717, 1.165) is 49.8 Å². The normalized spacial score (nSPS) is 12.5. The molecule has 0 fully saturated rings. The quantitative estimate of drug-likeness (QED) is 0.269. The Kier molecular flexibility index (Phi) is 5.65. The Labute approximate surface area is 204 Å². The van der Waals surface area contributed by atoms with E-state index in [1.807, 2.05) is 18.2 Å². The minimum atomic E-state index is 0.0844. The molecule has 6 aromatic rings. The topological polar surface area (TPSA) is 41.9 Å². The molecule has 4 nitrogen and oxygen atoms in total. The van der Waals surface area contributed by atoms with Crippen molar-refractivity contribution in [3.8, 4) is 0 Å². The van der Waals surface area contributed by atoms with Crippen LogP contribution in [0.1, 0.15) is 30.0 Å². The summed E-state index contributed by atoms with van der Waals surface area (Å²) in [6.07, 6.45) is 0. The van der Waals surface area contributed by atoms with Crippen LogP contribution in [0.25, 0.3) is 32.7 Å². The lowest BCUT2D eigenvalue weighted by Crippen LogP contribution is -2.27. The van der Waals surface area contributed by atoms with Crippen molar-refractivity contribution >= 4 is 32.7 Å². The van der Waals surface area contributed by atoms with E-state index < -0.39 is 0 Å². The molecule has 1 atom stereocenters. The minimum Gasteiger partial charge on any atom is -0.283 e. The molecule has 35 heavy (non-hydrogen) atoms. The van der Waals surface area contributed by atoms with Crippen molar-refractivity contribution in [3.05, 3.63) is 126 Å². The number of pyridine rings is 3. The standard InChI is InChI=1S/C31H26N4/c1-22(28-19-16-25-10-4-7-13-31(25)34-28)35(20-26-17-14-23-8-2-5-11-29(23)32-26)21-27-18-15-24-9-3-6-12-30(24)33-27/h2-19,22H,20-21H2,1H3/t22-/m1/s1. The van der Waals surface area contributed by atoms with Gasteiger partial charge in [-0.05, 0) is 43.3 Å². The van der Waals surface area contributed by atoms with Crippen LogP contribution in [0.5, 0.6) is 0 Å². The van der Waals surface area contributed by atoms with Gasteiger partial charge in [0.2, 0.25) is 0 Å². The maximum atomic E-state index is 5.00. The van der Waals surface area contributed by atoms with E-state index in [4.69, 9.17) is 15.0 Å². The molecule has 3 aromatic heterocycles. The Hall–Kier alpha value is -4.15. The van der Waals surface area contributed by atoms with Gasteiger partial charge in [-0.3, -0.25) is 19.9 Å². The smallest absolute Gasteiger partial charge is 0.0706 e. The van der Waals surface area contributed by atoms with Gasteiger partial charge in [0.1, 0.15) is 0 Å². The highest BCUT2D eigenvalue weighted by atomic mass is 15.2. The van der Waals surface area contributed by atoms with Gasteiger partial charge in [0.15, 0.2) is 0 Å². The number of fused-ring (bicyclic) bond motifs is 3. The summed E-state index contributed by atoms with van der Waals surface area (Å²) < 4.78 is 0. The molecule has 0 bridgehead atoms. The van der Waals surface area contributed by atoms with Crippen LogP contribution in [0.4, 0.5) is 0 Å². The Balaban J connectivity index is 1.37. The van der Waals surface area contributed by atoms with Crippen LogP contribution < -0.4 is 0 Å². The zero-order valence-corrected chi connectivity index (χ0v) is 19.7. The summed E-state index contributed by atoms with van der Waals surface area (Å²) in [4.78, 5) is 17.3. The highest BCUT2D eigenvalue weighted by Gasteiger charge is 2.20. The zero-order valence-electron chi connectivity index (χ0n) is 19.7. The third-order valence-electron chi connectivity index (χ3n) is 6.64. The van der Waals surface area contributed by atoms with E-state index in [1.165, 1.54) is 0 Å².